The lowest BCUT2D eigenvalue weighted by Gasteiger charge is -2.13. The summed E-state index contributed by atoms with van der Waals surface area (Å²) in [6, 6.07) is 4.46. The minimum Gasteiger partial charge on any atom is -0.356 e. The second kappa shape index (κ2) is 6.38. The molecule has 0 bridgehead atoms. The van der Waals surface area contributed by atoms with Crippen LogP contribution >= 0.6 is 15.9 Å². The Hall–Kier alpha value is -1.09. The van der Waals surface area contributed by atoms with Gasteiger partial charge in [-0.25, -0.2) is 0 Å². The van der Waals surface area contributed by atoms with Gasteiger partial charge in [-0.05, 0) is 47.9 Å². The number of hydrogen-bond acceptors (Lipinski definition) is 1. The monoisotopic (exact) mass is 321 g/mol. The summed E-state index contributed by atoms with van der Waals surface area (Å²) in [5, 5.41) is 2.96. The highest BCUT2D eigenvalue weighted by Gasteiger charge is 2.23. The van der Waals surface area contributed by atoms with Crippen LogP contribution in [0.5, 0.6) is 0 Å². The van der Waals surface area contributed by atoms with Crippen molar-refractivity contribution >= 4 is 27.9 Å². The Morgan fingerprint density at radius 2 is 2.37 bits per heavy atom. The number of amides is 1. The fourth-order valence-corrected chi connectivity index (χ4v) is 3.25. The highest BCUT2D eigenvalue weighted by molar-refractivity contribution is 9.10. The van der Waals surface area contributed by atoms with E-state index in [0.29, 0.717) is 12.3 Å². The first-order valence-electron chi connectivity index (χ1n) is 6.87. The second-order valence-corrected chi connectivity index (χ2v) is 5.86. The molecule has 0 aliphatic heterocycles. The maximum Gasteiger partial charge on any atom is 0.219 e. The number of aryl methyl sites for hydroxylation is 1. The first kappa shape index (κ1) is 14.3. The van der Waals surface area contributed by atoms with Crippen molar-refractivity contribution in [3.63, 3.8) is 0 Å². The molecule has 19 heavy (non-hydrogen) atoms. The van der Waals surface area contributed by atoms with Crippen LogP contribution < -0.4 is 5.32 Å². The van der Waals surface area contributed by atoms with Gasteiger partial charge in [0, 0.05) is 17.4 Å². The number of fused-ring (bicyclic) bond motifs is 1. The van der Waals surface area contributed by atoms with Crippen molar-refractivity contribution in [3.8, 4) is 0 Å². The summed E-state index contributed by atoms with van der Waals surface area (Å²) in [7, 11) is 0. The van der Waals surface area contributed by atoms with Crippen LogP contribution in [-0.4, -0.2) is 12.5 Å². The molecule has 2 rings (SSSR count). The lowest BCUT2D eigenvalue weighted by molar-refractivity contribution is -0.120. The van der Waals surface area contributed by atoms with Gasteiger partial charge in [0.2, 0.25) is 5.91 Å². The Morgan fingerprint density at radius 3 is 3.05 bits per heavy atom. The van der Waals surface area contributed by atoms with Crippen molar-refractivity contribution in [1.29, 1.82) is 0 Å². The lowest BCUT2D eigenvalue weighted by Crippen LogP contribution is -2.24. The third-order valence-corrected chi connectivity index (χ3v) is 4.50. The number of rotatable bonds is 5. The zero-order valence-corrected chi connectivity index (χ0v) is 12.9. The molecule has 1 unspecified atom stereocenters. The van der Waals surface area contributed by atoms with E-state index in [9.17, 15) is 4.79 Å². The highest BCUT2D eigenvalue weighted by Crippen LogP contribution is 2.38. The van der Waals surface area contributed by atoms with E-state index in [0.717, 1.165) is 29.4 Å². The lowest BCUT2D eigenvalue weighted by atomic mass is 9.96. The van der Waals surface area contributed by atoms with Crippen LogP contribution in [0.1, 0.15) is 48.8 Å². The molecule has 3 heteroatoms. The number of hydrogen-bond donors (Lipinski definition) is 1. The summed E-state index contributed by atoms with van der Waals surface area (Å²) < 4.78 is 1.13. The topological polar surface area (TPSA) is 29.1 Å². The van der Waals surface area contributed by atoms with E-state index in [-0.39, 0.29) is 5.91 Å². The van der Waals surface area contributed by atoms with Crippen LogP contribution in [-0.2, 0) is 11.2 Å². The van der Waals surface area contributed by atoms with Crippen molar-refractivity contribution in [3.05, 3.63) is 39.9 Å². The van der Waals surface area contributed by atoms with E-state index < -0.39 is 0 Å². The summed E-state index contributed by atoms with van der Waals surface area (Å²) >= 11 is 3.58. The molecule has 0 spiro atoms. The zero-order chi connectivity index (χ0) is 13.8. The molecule has 1 aromatic carbocycles. The van der Waals surface area contributed by atoms with Gasteiger partial charge >= 0.3 is 0 Å². The summed E-state index contributed by atoms with van der Waals surface area (Å²) in [5.41, 5.74) is 4.02. The molecule has 0 saturated carbocycles. The van der Waals surface area contributed by atoms with Crippen LogP contribution in [0.25, 0.3) is 6.08 Å². The van der Waals surface area contributed by atoms with Crippen molar-refractivity contribution in [2.24, 2.45) is 0 Å². The summed E-state index contributed by atoms with van der Waals surface area (Å²) in [6.45, 7) is 6.51. The minimum atomic E-state index is 0.140. The van der Waals surface area contributed by atoms with Gasteiger partial charge in [-0.15, -0.1) is 0 Å². The summed E-state index contributed by atoms with van der Waals surface area (Å²) in [4.78, 5) is 11.2. The molecule has 102 valence electrons. The van der Waals surface area contributed by atoms with Crippen molar-refractivity contribution in [2.45, 2.75) is 38.5 Å². The predicted molar refractivity (Wildman–Crippen MR) is 83.2 cm³/mol. The molecule has 0 saturated heterocycles. The largest absolute Gasteiger partial charge is 0.356 e. The Morgan fingerprint density at radius 1 is 1.58 bits per heavy atom. The molecule has 0 radical (unpaired) electrons. The molecule has 1 aliphatic carbocycles. The van der Waals surface area contributed by atoms with E-state index in [1.807, 2.05) is 13.0 Å². The fraction of sp³-hybridized carbons (Fsp3) is 0.438. The van der Waals surface area contributed by atoms with E-state index >= 15 is 0 Å². The molecule has 0 aromatic heterocycles. The Balaban J connectivity index is 2.04. The van der Waals surface area contributed by atoms with Gasteiger partial charge in [-0.2, -0.15) is 0 Å². The van der Waals surface area contributed by atoms with Gasteiger partial charge in [0.25, 0.3) is 0 Å². The number of nitrogens with one attached hydrogen (secondary N) is 1. The van der Waals surface area contributed by atoms with Crippen LogP contribution in [0, 0.1) is 0 Å². The molecule has 1 amide bonds. The average Bonchev–Trinajstić information content (AvgIpc) is 2.79. The molecule has 1 N–H and O–H groups in total. The second-order valence-electron chi connectivity index (χ2n) is 5.00. The molecule has 0 fully saturated rings. The maximum absolute atomic E-state index is 11.2. The van der Waals surface area contributed by atoms with E-state index in [4.69, 9.17) is 0 Å². The van der Waals surface area contributed by atoms with E-state index in [1.54, 1.807) is 0 Å². The Kier molecular flexibility index (Phi) is 4.81. The van der Waals surface area contributed by atoms with Crippen molar-refractivity contribution in [1.82, 2.24) is 5.32 Å². The highest BCUT2D eigenvalue weighted by atomic mass is 79.9. The van der Waals surface area contributed by atoms with Gasteiger partial charge < -0.3 is 5.32 Å². The first-order chi connectivity index (χ1) is 9.15. The Bertz CT molecular complexity index is 496. The minimum absolute atomic E-state index is 0.140. The van der Waals surface area contributed by atoms with E-state index in [2.05, 4.69) is 40.0 Å². The summed E-state index contributed by atoms with van der Waals surface area (Å²) in [6.07, 6.45) is 5.80. The molecule has 1 atom stereocenters. The Labute approximate surface area is 123 Å². The SMILES string of the molecule is C=Cc1cc2c(cc1Br)CCC2CCNC(=O)CC. The normalized spacial score (nSPS) is 17.1. The first-order valence-corrected chi connectivity index (χ1v) is 7.66. The fourth-order valence-electron chi connectivity index (χ4n) is 2.70. The van der Waals surface area contributed by atoms with Gasteiger partial charge in [0.05, 0.1) is 0 Å². The van der Waals surface area contributed by atoms with Crippen molar-refractivity contribution < 1.29 is 4.79 Å². The molecule has 1 aromatic rings. The number of halogens is 1. The van der Waals surface area contributed by atoms with E-state index in [1.165, 1.54) is 17.5 Å². The van der Waals surface area contributed by atoms with Gasteiger partial charge in [0.1, 0.15) is 0 Å². The molecule has 2 nitrogen and oxygen atoms in total. The third kappa shape index (κ3) is 3.27. The number of carbonyl (C=O) groups is 1. The quantitative estimate of drug-likeness (QED) is 0.871. The molecule has 1 aliphatic rings. The maximum atomic E-state index is 11.2. The average molecular weight is 322 g/mol. The van der Waals surface area contributed by atoms with Crippen LogP contribution in [0.2, 0.25) is 0 Å². The van der Waals surface area contributed by atoms with Crippen LogP contribution in [0.4, 0.5) is 0 Å². The number of carbonyl (C=O) groups excluding carboxylic acids is 1. The van der Waals surface area contributed by atoms with Crippen LogP contribution in [0.3, 0.4) is 0 Å². The molecular formula is C16H20BrNO. The predicted octanol–water partition coefficient (Wildman–Crippen LogP) is 4.04. The third-order valence-electron chi connectivity index (χ3n) is 3.82. The molecular weight excluding hydrogens is 302 g/mol. The van der Waals surface area contributed by atoms with Crippen molar-refractivity contribution in [2.75, 3.05) is 6.54 Å². The zero-order valence-electron chi connectivity index (χ0n) is 11.3. The number of benzene rings is 1. The summed E-state index contributed by atoms with van der Waals surface area (Å²) in [5.74, 6) is 0.708. The smallest absolute Gasteiger partial charge is 0.219 e. The standard InChI is InChI=1S/C16H20BrNO/c1-3-11-9-14-12(7-8-18-16(19)4-2)5-6-13(14)10-15(11)17/h3,9-10,12H,1,4-8H2,2H3,(H,18,19). The van der Waals surface area contributed by atoms with Gasteiger partial charge in [-0.1, -0.05) is 41.6 Å². The van der Waals surface area contributed by atoms with Gasteiger partial charge in [-0.3, -0.25) is 4.79 Å². The van der Waals surface area contributed by atoms with Crippen LogP contribution in [0.15, 0.2) is 23.2 Å². The molecule has 0 heterocycles. The van der Waals surface area contributed by atoms with Gasteiger partial charge in [0.15, 0.2) is 0 Å².